The van der Waals surface area contributed by atoms with Gasteiger partial charge in [-0.05, 0) is 36.4 Å². The first kappa shape index (κ1) is 15.6. The van der Waals surface area contributed by atoms with E-state index in [1.807, 2.05) is 35.4 Å². The molecule has 0 spiro atoms. The molecular weight excluding hydrogens is 330 g/mol. The highest BCUT2D eigenvalue weighted by Gasteiger charge is 2.39. The molecule has 26 heavy (non-hydrogen) atoms. The summed E-state index contributed by atoms with van der Waals surface area (Å²) in [5, 5.41) is 8.51. The summed E-state index contributed by atoms with van der Waals surface area (Å²) in [4.78, 5) is 22.9. The fourth-order valence-corrected chi connectivity index (χ4v) is 3.76. The number of carbonyl (C=O) groups is 1. The third-order valence-corrected chi connectivity index (χ3v) is 5.44. The molecule has 7 heteroatoms. The number of hydrogen-bond acceptors (Lipinski definition) is 4. The fourth-order valence-electron chi connectivity index (χ4n) is 3.76. The lowest BCUT2D eigenvalue weighted by Crippen LogP contribution is -2.32. The molecule has 0 bridgehead atoms. The number of fused-ring (bicyclic) bond motifs is 1. The van der Waals surface area contributed by atoms with E-state index in [9.17, 15) is 4.79 Å². The number of nitrogens with zero attached hydrogens (tertiary/aromatic N) is 3. The number of benzene rings is 1. The summed E-state index contributed by atoms with van der Waals surface area (Å²) in [7, 11) is 1.69. The van der Waals surface area contributed by atoms with E-state index in [0.717, 1.165) is 41.8 Å². The van der Waals surface area contributed by atoms with Crippen molar-refractivity contribution in [1.82, 2.24) is 25.1 Å². The Bertz CT molecular complexity index is 958. The van der Waals surface area contributed by atoms with Crippen LogP contribution in [0.5, 0.6) is 0 Å². The van der Waals surface area contributed by atoms with Gasteiger partial charge in [-0.1, -0.05) is 6.07 Å². The van der Waals surface area contributed by atoms with Crippen molar-refractivity contribution in [3.8, 4) is 0 Å². The summed E-state index contributed by atoms with van der Waals surface area (Å²) >= 11 is 0. The Balaban J connectivity index is 1.46. The standard InChI is InChI=1S/C19H21N5O2/c1-26-14-9-16(18-21-17(22-23-18)12-3-4-12)24(10-14)19(25)13-5-2-11-6-7-20-15(11)8-13/h2,5-8,12,14,16,20H,3-4,9-10H2,1H3,(H,21,22,23)/t14-,16+/m1/s1. The van der Waals surface area contributed by atoms with Gasteiger partial charge in [0, 0.05) is 43.3 Å². The third kappa shape index (κ3) is 2.59. The normalized spacial score (nSPS) is 23.0. The Morgan fingerprint density at radius 3 is 3.00 bits per heavy atom. The van der Waals surface area contributed by atoms with Gasteiger partial charge in [0.05, 0.1) is 12.1 Å². The van der Waals surface area contributed by atoms with E-state index in [0.29, 0.717) is 18.0 Å². The van der Waals surface area contributed by atoms with E-state index in [1.54, 1.807) is 7.11 Å². The maximum Gasteiger partial charge on any atom is 0.254 e. The van der Waals surface area contributed by atoms with Crippen molar-refractivity contribution >= 4 is 16.8 Å². The molecule has 5 rings (SSSR count). The first-order valence-corrected chi connectivity index (χ1v) is 9.06. The molecule has 1 aromatic carbocycles. The molecule has 0 radical (unpaired) electrons. The van der Waals surface area contributed by atoms with Gasteiger partial charge in [0.15, 0.2) is 5.82 Å². The van der Waals surface area contributed by atoms with Crippen molar-refractivity contribution in [3.63, 3.8) is 0 Å². The number of amides is 1. The third-order valence-electron chi connectivity index (χ3n) is 5.44. The van der Waals surface area contributed by atoms with Gasteiger partial charge in [-0.25, -0.2) is 4.98 Å². The molecule has 2 fully saturated rings. The second-order valence-corrected chi connectivity index (χ2v) is 7.20. The Labute approximate surface area is 150 Å². The highest BCUT2D eigenvalue weighted by atomic mass is 16.5. The monoisotopic (exact) mass is 351 g/mol. The molecule has 3 aromatic rings. The fraction of sp³-hybridized carbons (Fsp3) is 0.421. The number of hydrogen-bond donors (Lipinski definition) is 2. The molecule has 2 atom stereocenters. The molecule has 0 unspecified atom stereocenters. The van der Waals surface area contributed by atoms with Crippen LogP contribution < -0.4 is 0 Å². The number of nitrogens with one attached hydrogen (secondary N) is 2. The molecule has 7 nitrogen and oxygen atoms in total. The maximum absolute atomic E-state index is 13.2. The van der Waals surface area contributed by atoms with Crippen LogP contribution in [0, 0.1) is 0 Å². The number of likely N-dealkylation sites (tertiary alicyclic amines) is 1. The van der Waals surface area contributed by atoms with Crippen LogP contribution in [0.25, 0.3) is 10.9 Å². The minimum absolute atomic E-state index is 0.00424. The highest BCUT2D eigenvalue weighted by molar-refractivity contribution is 5.98. The molecule has 2 aliphatic rings. The summed E-state index contributed by atoms with van der Waals surface area (Å²) in [5.74, 6) is 2.12. The zero-order valence-electron chi connectivity index (χ0n) is 14.6. The second kappa shape index (κ2) is 5.95. The van der Waals surface area contributed by atoms with Crippen LogP contribution in [0.15, 0.2) is 30.5 Å². The first-order valence-electron chi connectivity index (χ1n) is 9.06. The Morgan fingerprint density at radius 2 is 2.19 bits per heavy atom. The highest BCUT2D eigenvalue weighted by Crippen LogP contribution is 2.39. The van der Waals surface area contributed by atoms with Crippen molar-refractivity contribution in [2.75, 3.05) is 13.7 Å². The SMILES string of the molecule is CO[C@@H]1C[C@@H](c2nc(C3CC3)n[nH]2)N(C(=O)c2ccc3cc[nH]c3c2)C1. The summed E-state index contributed by atoms with van der Waals surface area (Å²) in [5.41, 5.74) is 1.63. The lowest BCUT2D eigenvalue weighted by Gasteiger charge is -2.22. The number of methoxy groups -OCH3 is 1. The molecule has 1 saturated heterocycles. The predicted octanol–water partition coefficient (Wildman–Crippen LogP) is 2.77. The zero-order chi connectivity index (χ0) is 17.7. The molecule has 134 valence electrons. The predicted molar refractivity (Wildman–Crippen MR) is 95.8 cm³/mol. The molecule has 2 aromatic heterocycles. The van der Waals surface area contributed by atoms with Crippen LogP contribution in [0.3, 0.4) is 0 Å². The molecular formula is C19H21N5O2. The number of H-pyrrole nitrogens is 2. The van der Waals surface area contributed by atoms with Crippen molar-refractivity contribution < 1.29 is 9.53 Å². The number of carbonyl (C=O) groups excluding carboxylic acids is 1. The van der Waals surface area contributed by atoms with Crippen LogP contribution in [0.4, 0.5) is 0 Å². The zero-order valence-corrected chi connectivity index (χ0v) is 14.6. The van der Waals surface area contributed by atoms with Gasteiger partial charge >= 0.3 is 0 Å². The van der Waals surface area contributed by atoms with E-state index in [1.165, 1.54) is 0 Å². The first-order chi connectivity index (χ1) is 12.7. The molecule has 1 aliphatic carbocycles. The lowest BCUT2D eigenvalue weighted by molar-refractivity contribution is 0.0684. The Hall–Kier alpha value is -2.67. The van der Waals surface area contributed by atoms with Gasteiger partial charge in [0.25, 0.3) is 5.91 Å². The molecule has 1 aliphatic heterocycles. The maximum atomic E-state index is 13.2. The average Bonchev–Trinajstić information content (AvgIpc) is 3.10. The van der Waals surface area contributed by atoms with E-state index in [2.05, 4.69) is 20.2 Å². The Morgan fingerprint density at radius 1 is 1.31 bits per heavy atom. The molecule has 1 saturated carbocycles. The topological polar surface area (TPSA) is 86.9 Å². The van der Waals surface area contributed by atoms with Gasteiger partial charge in [0.1, 0.15) is 5.82 Å². The molecule has 3 heterocycles. The van der Waals surface area contributed by atoms with Crippen molar-refractivity contribution in [3.05, 3.63) is 47.7 Å². The van der Waals surface area contributed by atoms with Crippen LogP contribution in [-0.4, -0.2) is 50.7 Å². The van der Waals surface area contributed by atoms with Gasteiger partial charge in [-0.2, -0.15) is 5.10 Å². The smallest absolute Gasteiger partial charge is 0.254 e. The molecule has 2 N–H and O–H groups in total. The van der Waals surface area contributed by atoms with E-state index in [4.69, 9.17) is 4.74 Å². The van der Waals surface area contributed by atoms with E-state index in [-0.39, 0.29) is 18.1 Å². The van der Waals surface area contributed by atoms with Crippen molar-refractivity contribution in [1.29, 1.82) is 0 Å². The van der Waals surface area contributed by atoms with Crippen molar-refractivity contribution in [2.45, 2.75) is 37.3 Å². The van der Waals surface area contributed by atoms with Crippen LogP contribution in [0.2, 0.25) is 0 Å². The van der Waals surface area contributed by atoms with E-state index >= 15 is 0 Å². The summed E-state index contributed by atoms with van der Waals surface area (Å²) in [6.07, 6.45) is 4.93. The summed E-state index contributed by atoms with van der Waals surface area (Å²) < 4.78 is 5.54. The minimum atomic E-state index is -0.133. The van der Waals surface area contributed by atoms with Gasteiger partial charge in [0.2, 0.25) is 0 Å². The lowest BCUT2D eigenvalue weighted by atomic mass is 10.1. The quantitative estimate of drug-likeness (QED) is 0.757. The second-order valence-electron chi connectivity index (χ2n) is 7.20. The van der Waals surface area contributed by atoms with Crippen LogP contribution >= 0.6 is 0 Å². The van der Waals surface area contributed by atoms with Crippen LogP contribution in [-0.2, 0) is 4.74 Å². The average molecular weight is 351 g/mol. The number of rotatable bonds is 4. The van der Waals surface area contributed by atoms with Gasteiger partial charge in [-0.3, -0.25) is 9.89 Å². The van der Waals surface area contributed by atoms with Crippen LogP contribution in [0.1, 0.15) is 53.2 Å². The minimum Gasteiger partial charge on any atom is -0.380 e. The van der Waals surface area contributed by atoms with Gasteiger partial charge in [-0.15, -0.1) is 0 Å². The van der Waals surface area contributed by atoms with Gasteiger partial charge < -0.3 is 14.6 Å². The number of aromatic nitrogens is 4. The number of ether oxygens (including phenoxy) is 1. The summed E-state index contributed by atoms with van der Waals surface area (Å²) in [6, 6.07) is 7.62. The summed E-state index contributed by atoms with van der Waals surface area (Å²) in [6.45, 7) is 0.558. The largest absolute Gasteiger partial charge is 0.380 e. The molecule has 1 amide bonds. The van der Waals surface area contributed by atoms with Crippen molar-refractivity contribution in [2.24, 2.45) is 0 Å². The van der Waals surface area contributed by atoms with E-state index < -0.39 is 0 Å². The Kier molecular flexibility index (Phi) is 3.56. The number of aromatic amines is 2.